The molecule has 30 heavy (non-hydrogen) atoms. The van der Waals surface area contributed by atoms with Gasteiger partial charge in [0.2, 0.25) is 5.76 Å². The number of hydrogen-bond acceptors (Lipinski definition) is 5. The summed E-state index contributed by atoms with van der Waals surface area (Å²) in [5.41, 5.74) is 1.61. The number of aromatic nitrogens is 1. The van der Waals surface area contributed by atoms with E-state index in [0.717, 1.165) is 10.2 Å². The van der Waals surface area contributed by atoms with Gasteiger partial charge >= 0.3 is 0 Å². The van der Waals surface area contributed by atoms with E-state index < -0.39 is 11.9 Å². The second-order valence-corrected chi connectivity index (χ2v) is 8.04. The number of amides is 1. The van der Waals surface area contributed by atoms with E-state index in [1.807, 2.05) is 13.0 Å². The second-order valence-electron chi connectivity index (χ2n) is 7.12. The van der Waals surface area contributed by atoms with Crippen molar-refractivity contribution in [2.75, 3.05) is 4.90 Å². The average molecular weight is 463 g/mol. The molecule has 0 radical (unpaired) electrons. The molecule has 0 aliphatic carbocycles. The van der Waals surface area contributed by atoms with E-state index in [-0.39, 0.29) is 22.5 Å². The Morgan fingerprint density at radius 1 is 1.07 bits per heavy atom. The van der Waals surface area contributed by atoms with Crippen LogP contribution >= 0.6 is 15.9 Å². The van der Waals surface area contributed by atoms with Crippen LogP contribution in [0, 0.1) is 6.92 Å². The van der Waals surface area contributed by atoms with Crippen molar-refractivity contribution in [3.63, 3.8) is 0 Å². The molecule has 148 valence electrons. The smallest absolute Gasteiger partial charge is 0.296 e. The number of phenols is 1. The molecule has 0 bridgehead atoms. The SMILES string of the molecule is Cc1cccc(N2C(=O)c3oc4ccc(Br)cc4c(=O)c3[C@H]2c2cccc(O)c2)n1. The van der Waals surface area contributed by atoms with Gasteiger partial charge < -0.3 is 9.52 Å². The van der Waals surface area contributed by atoms with E-state index in [0.29, 0.717) is 22.4 Å². The number of carbonyl (C=O) groups excluding carboxylic acids is 1. The van der Waals surface area contributed by atoms with Gasteiger partial charge in [-0.3, -0.25) is 14.5 Å². The number of pyridine rings is 1. The third kappa shape index (κ3) is 2.81. The molecule has 0 saturated heterocycles. The zero-order valence-corrected chi connectivity index (χ0v) is 17.4. The molecule has 1 N–H and O–H groups in total. The maximum atomic E-state index is 13.5. The Bertz CT molecular complexity index is 1400. The van der Waals surface area contributed by atoms with Crippen molar-refractivity contribution in [1.82, 2.24) is 4.98 Å². The topological polar surface area (TPSA) is 83.6 Å². The number of aryl methyl sites for hydroxylation is 1. The first-order valence-corrected chi connectivity index (χ1v) is 10.1. The van der Waals surface area contributed by atoms with Crippen molar-refractivity contribution in [1.29, 1.82) is 0 Å². The largest absolute Gasteiger partial charge is 0.508 e. The highest BCUT2D eigenvalue weighted by atomic mass is 79.9. The summed E-state index contributed by atoms with van der Waals surface area (Å²) in [6, 6.07) is 16.2. The maximum Gasteiger partial charge on any atom is 0.296 e. The van der Waals surface area contributed by atoms with Crippen molar-refractivity contribution >= 4 is 38.6 Å². The number of rotatable bonds is 2. The Morgan fingerprint density at radius 3 is 2.63 bits per heavy atom. The van der Waals surface area contributed by atoms with Crippen LogP contribution in [-0.2, 0) is 0 Å². The third-order valence-corrected chi connectivity index (χ3v) is 5.63. The fourth-order valence-electron chi connectivity index (χ4n) is 3.85. The number of aromatic hydroxyl groups is 1. The molecule has 0 spiro atoms. The van der Waals surface area contributed by atoms with Crippen molar-refractivity contribution in [2.24, 2.45) is 0 Å². The Labute approximate surface area is 179 Å². The molecule has 1 amide bonds. The Kier molecular flexibility index (Phi) is 4.22. The summed E-state index contributed by atoms with van der Waals surface area (Å²) < 4.78 is 6.65. The molecular weight excluding hydrogens is 448 g/mol. The zero-order chi connectivity index (χ0) is 21.0. The van der Waals surface area contributed by atoms with Crippen LogP contribution in [0.4, 0.5) is 5.82 Å². The van der Waals surface area contributed by atoms with E-state index in [1.165, 1.54) is 11.0 Å². The first-order chi connectivity index (χ1) is 14.4. The Hall–Kier alpha value is -3.45. The van der Waals surface area contributed by atoms with Crippen molar-refractivity contribution in [2.45, 2.75) is 13.0 Å². The average Bonchev–Trinajstić information content (AvgIpc) is 3.01. The Morgan fingerprint density at radius 2 is 1.87 bits per heavy atom. The number of hydrogen-bond donors (Lipinski definition) is 1. The fourth-order valence-corrected chi connectivity index (χ4v) is 4.22. The van der Waals surface area contributed by atoms with E-state index in [4.69, 9.17) is 4.42 Å². The number of nitrogens with zero attached hydrogens (tertiary/aromatic N) is 2. The number of halogens is 1. The second kappa shape index (κ2) is 6.81. The highest BCUT2D eigenvalue weighted by molar-refractivity contribution is 9.10. The summed E-state index contributed by atoms with van der Waals surface area (Å²) in [5, 5.41) is 10.4. The minimum atomic E-state index is -0.770. The molecule has 2 aromatic heterocycles. The lowest BCUT2D eigenvalue weighted by atomic mass is 9.98. The van der Waals surface area contributed by atoms with Gasteiger partial charge in [-0.05, 0) is 55.0 Å². The van der Waals surface area contributed by atoms with Gasteiger partial charge in [0, 0.05) is 10.2 Å². The van der Waals surface area contributed by atoms with Crippen LogP contribution in [0.3, 0.4) is 0 Å². The molecule has 5 rings (SSSR count). The zero-order valence-electron chi connectivity index (χ0n) is 15.8. The first kappa shape index (κ1) is 18.6. The van der Waals surface area contributed by atoms with Crippen LogP contribution in [0.25, 0.3) is 11.0 Å². The van der Waals surface area contributed by atoms with E-state index >= 15 is 0 Å². The summed E-state index contributed by atoms with van der Waals surface area (Å²) in [4.78, 5) is 32.9. The lowest BCUT2D eigenvalue weighted by Crippen LogP contribution is -2.30. The van der Waals surface area contributed by atoms with Crippen molar-refractivity contribution < 1.29 is 14.3 Å². The van der Waals surface area contributed by atoms with Gasteiger partial charge in [-0.15, -0.1) is 0 Å². The molecule has 0 unspecified atom stereocenters. The predicted molar refractivity (Wildman–Crippen MR) is 116 cm³/mol. The van der Waals surface area contributed by atoms with Gasteiger partial charge in [0.1, 0.15) is 17.2 Å². The summed E-state index contributed by atoms with van der Waals surface area (Å²) in [6.45, 7) is 1.83. The van der Waals surface area contributed by atoms with Crippen LogP contribution in [0.5, 0.6) is 5.75 Å². The first-order valence-electron chi connectivity index (χ1n) is 9.26. The molecule has 0 fully saturated rings. The normalized spacial score (nSPS) is 15.6. The van der Waals surface area contributed by atoms with Gasteiger partial charge in [-0.1, -0.05) is 34.1 Å². The Balaban J connectivity index is 1.84. The van der Waals surface area contributed by atoms with Crippen LogP contribution in [0.2, 0.25) is 0 Å². The van der Waals surface area contributed by atoms with Gasteiger partial charge in [-0.2, -0.15) is 0 Å². The van der Waals surface area contributed by atoms with Crippen LogP contribution in [0.1, 0.15) is 33.4 Å². The van der Waals surface area contributed by atoms with Crippen LogP contribution in [-0.4, -0.2) is 16.0 Å². The number of anilines is 1. The number of fused-ring (bicyclic) bond motifs is 2. The molecule has 1 aliphatic rings. The minimum absolute atomic E-state index is 0.00790. The number of phenolic OH excluding ortho intramolecular Hbond substituents is 1. The predicted octanol–water partition coefficient (Wildman–Crippen LogP) is 4.71. The lowest BCUT2D eigenvalue weighted by Gasteiger charge is -2.24. The van der Waals surface area contributed by atoms with E-state index in [2.05, 4.69) is 20.9 Å². The van der Waals surface area contributed by atoms with Crippen LogP contribution < -0.4 is 10.3 Å². The van der Waals surface area contributed by atoms with Crippen LogP contribution in [0.15, 0.2) is 74.3 Å². The monoisotopic (exact) mass is 462 g/mol. The molecule has 2 aromatic carbocycles. The lowest BCUT2D eigenvalue weighted by molar-refractivity contribution is 0.0970. The highest BCUT2D eigenvalue weighted by Crippen LogP contribution is 2.41. The van der Waals surface area contributed by atoms with E-state index in [9.17, 15) is 14.7 Å². The summed E-state index contributed by atoms with van der Waals surface area (Å²) in [5.74, 6) is -0.00677. The standard InChI is InChI=1S/C23H15BrN2O4/c1-12-4-2-7-18(25-12)26-20(13-5-3-6-15(27)10-13)19-21(28)16-11-14(24)8-9-17(16)30-22(19)23(26)29/h2-11,20,27H,1H3/t20-/m1/s1. The fraction of sp³-hybridized carbons (Fsp3) is 0.0870. The molecule has 1 aliphatic heterocycles. The quantitative estimate of drug-likeness (QED) is 0.466. The molecule has 6 nitrogen and oxygen atoms in total. The molecule has 4 aromatic rings. The van der Waals surface area contributed by atoms with Gasteiger partial charge in [0.15, 0.2) is 5.43 Å². The summed E-state index contributed by atoms with van der Waals surface area (Å²) in [7, 11) is 0. The van der Waals surface area contributed by atoms with E-state index in [1.54, 1.807) is 48.5 Å². The highest BCUT2D eigenvalue weighted by Gasteiger charge is 2.44. The van der Waals surface area contributed by atoms with Crippen molar-refractivity contribution in [3.05, 3.63) is 97.9 Å². The third-order valence-electron chi connectivity index (χ3n) is 5.14. The molecular formula is C23H15BrN2O4. The molecule has 0 saturated carbocycles. The molecule has 3 heterocycles. The molecule has 1 atom stereocenters. The number of carbonyl (C=O) groups is 1. The van der Waals surface area contributed by atoms with Gasteiger partial charge in [0.25, 0.3) is 5.91 Å². The number of benzene rings is 2. The van der Waals surface area contributed by atoms with Crippen molar-refractivity contribution in [3.8, 4) is 5.75 Å². The molecule has 7 heteroatoms. The minimum Gasteiger partial charge on any atom is -0.508 e. The van der Waals surface area contributed by atoms with Gasteiger partial charge in [0.05, 0.1) is 17.0 Å². The van der Waals surface area contributed by atoms with Gasteiger partial charge in [-0.25, -0.2) is 4.98 Å². The summed E-state index contributed by atoms with van der Waals surface area (Å²) in [6.07, 6.45) is 0. The summed E-state index contributed by atoms with van der Waals surface area (Å²) >= 11 is 3.38. The maximum absolute atomic E-state index is 13.5.